The van der Waals surface area contributed by atoms with Gasteiger partial charge in [-0.15, -0.1) is 11.3 Å². The number of hydrogen-bond donors (Lipinski definition) is 1. The minimum absolute atomic E-state index is 0.233. The lowest BCUT2D eigenvalue weighted by molar-refractivity contribution is -0.137. The van der Waals surface area contributed by atoms with E-state index in [1.54, 1.807) is 11.3 Å². The summed E-state index contributed by atoms with van der Waals surface area (Å²) in [7, 11) is 0. The van der Waals surface area contributed by atoms with Crippen molar-refractivity contribution in [3.63, 3.8) is 0 Å². The molecule has 0 unspecified atom stereocenters. The maximum absolute atomic E-state index is 10.2. The van der Waals surface area contributed by atoms with Gasteiger partial charge in [0.1, 0.15) is 0 Å². The number of ether oxygens (including phenoxy) is 1. The summed E-state index contributed by atoms with van der Waals surface area (Å²) >= 11 is 1.65. The molecule has 1 N–H and O–H groups in total. The Morgan fingerprint density at radius 2 is 2.31 bits per heavy atom. The van der Waals surface area contributed by atoms with Gasteiger partial charge in [0.15, 0.2) is 0 Å². The van der Waals surface area contributed by atoms with Crippen LogP contribution in [0.4, 0.5) is 0 Å². The molecule has 0 aliphatic heterocycles. The van der Waals surface area contributed by atoms with Crippen molar-refractivity contribution in [3.05, 3.63) is 16.1 Å². The Morgan fingerprint density at radius 3 is 2.94 bits per heavy atom. The molecular weight excluding hydrogens is 226 g/mol. The van der Waals surface area contributed by atoms with E-state index in [0.29, 0.717) is 19.6 Å². The molecule has 5 heteroatoms. The van der Waals surface area contributed by atoms with Crippen molar-refractivity contribution < 1.29 is 14.6 Å². The van der Waals surface area contributed by atoms with Crippen molar-refractivity contribution in [2.75, 3.05) is 13.2 Å². The zero-order valence-electron chi connectivity index (χ0n) is 9.44. The van der Waals surface area contributed by atoms with Gasteiger partial charge in [0.05, 0.1) is 17.8 Å². The van der Waals surface area contributed by atoms with Crippen LogP contribution in [0.2, 0.25) is 0 Å². The van der Waals surface area contributed by atoms with Gasteiger partial charge in [0.2, 0.25) is 0 Å². The first kappa shape index (κ1) is 13.1. The van der Waals surface area contributed by atoms with Crippen LogP contribution in [0.15, 0.2) is 5.51 Å². The third kappa shape index (κ3) is 5.23. The van der Waals surface area contributed by atoms with Crippen molar-refractivity contribution in [2.24, 2.45) is 0 Å². The molecule has 0 atom stereocenters. The molecule has 0 aliphatic carbocycles. The predicted octanol–water partition coefficient (Wildman–Crippen LogP) is 2.27. The lowest BCUT2D eigenvalue weighted by Crippen LogP contribution is -2.01. The number of carboxylic acid groups (broad SMARTS) is 1. The summed E-state index contributed by atoms with van der Waals surface area (Å²) < 4.78 is 5.43. The highest BCUT2D eigenvalue weighted by molar-refractivity contribution is 7.09. The Bertz CT molecular complexity index is 325. The molecule has 0 bridgehead atoms. The number of carbonyl (C=O) groups is 1. The first-order valence-electron chi connectivity index (χ1n) is 5.38. The van der Waals surface area contributed by atoms with E-state index in [-0.39, 0.29) is 6.42 Å². The molecule has 0 aliphatic rings. The molecule has 0 fully saturated rings. The topological polar surface area (TPSA) is 59.4 Å². The van der Waals surface area contributed by atoms with E-state index >= 15 is 0 Å². The van der Waals surface area contributed by atoms with Gasteiger partial charge in [-0.3, -0.25) is 4.79 Å². The van der Waals surface area contributed by atoms with Crippen LogP contribution in [0.25, 0.3) is 0 Å². The lowest BCUT2D eigenvalue weighted by atomic mass is 10.2. The summed E-state index contributed by atoms with van der Waals surface area (Å²) in [4.78, 5) is 15.7. The number of aryl methyl sites for hydroxylation is 1. The predicted molar refractivity (Wildman–Crippen MR) is 62.9 cm³/mol. The highest BCUT2D eigenvalue weighted by Gasteiger charge is 2.01. The summed E-state index contributed by atoms with van der Waals surface area (Å²) in [6.07, 6.45) is 2.63. The molecule has 90 valence electrons. The van der Waals surface area contributed by atoms with Gasteiger partial charge >= 0.3 is 5.97 Å². The smallest absolute Gasteiger partial charge is 0.303 e. The lowest BCUT2D eigenvalue weighted by Gasteiger charge is -2.02. The maximum Gasteiger partial charge on any atom is 0.303 e. The van der Waals surface area contributed by atoms with Gasteiger partial charge in [-0.2, -0.15) is 0 Å². The average molecular weight is 243 g/mol. The van der Waals surface area contributed by atoms with E-state index in [2.05, 4.69) is 4.98 Å². The Morgan fingerprint density at radius 1 is 1.50 bits per heavy atom. The SMILES string of the molecule is Cc1ncsc1CCOCCCCC(=O)O. The Labute approximate surface area is 99.3 Å². The van der Waals surface area contributed by atoms with Crippen molar-refractivity contribution in [1.82, 2.24) is 4.98 Å². The summed E-state index contributed by atoms with van der Waals surface area (Å²) in [5.41, 5.74) is 2.93. The summed E-state index contributed by atoms with van der Waals surface area (Å²) in [5.74, 6) is -0.736. The van der Waals surface area contributed by atoms with Gasteiger partial charge < -0.3 is 9.84 Å². The maximum atomic E-state index is 10.2. The van der Waals surface area contributed by atoms with Crippen LogP contribution in [-0.2, 0) is 16.0 Å². The minimum atomic E-state index is -0.736. The highest BCUT2D eigenvalue weighted by atomic mass is 32.1. The van der Waals surface area contributed by atoms with Gasteiger partial charge in [-0.25, -0.2) is 4.98 Å². The molecule has 1 aromatic rings. The van der Waals surface area contributed by atoms with Crippen molar-refractivity contribution in [3.8, 4) is 0 Å². The summed E-state index contributed by atoms with van der Waals surface area (Å²) in [6.45, 7) is 3.33. The first-order valence-corrected chi connectivity index (χ1v) is 6.26. The standard InChI is InChI=1S/C11H17NO3S/c1-9-10(16-8-12-9)5-7-15-6-3-2-4-11(13)14/h8H,2-7H2,1H3,(H,13,14). The fourth-order valence-corrected chi connectivity index (χ4v) is 2.08. The first-order chi connectivity index (χ1) is 7.70. The second kappa shape index (κ2) is 7.35. The van der Waals surface area contributed by atoms with E-state index in [4.69, 9.17) is 9.84 Å². The Balaban J connectivity index is 1.96. The second-order valence-electron chi connectivity index (χ2n) is 3.57. The minimum Gasteiger partial charge on any atom is -0.481 e. The second-order valence-corrected chi connectivity index (χ2v) is 4.51. The monoisotopic (exact) mass is 243 g/mol. The average Bonchev–Trinajstić information content (AvgIpc) is 2.62. The molecule has 0 aromatic carbocycles. The van der Waals surface area contributed by atoms with Crippen LogP contribution >= 0.6 is 11.3 Å². The van der Waals surface area contributed by atoms with E-state index in [1.807, 2.05) is 12.4 Å². The van der Waals surface area contributed by atoms with Crippen molar-refractivity contribution >= 4 is 17.3 Å². The molecule has 0 saturated heterocycles. The normalized spacial score (nSPS) is 10.6. The number of unbranched alkanes of at least 4 members (excludes halogenated alkanes) is 1. The number of carboxylic acids is 1. The molecule has 0 spiro atoms. The molecule has 4 nitrogen and oxygen atoms in total. The molecule has 1 aromatic heterocycles. The fourth-order valence-electron chi connectivity index (χ4n) is 1.31. The van der Waals surface area contributed by atoms with Crippen LogP contribution in [0.5, 0.6) is 0 Å². The molecule has 1 rings (SSSR count). The number of thiazole rings is 1. The quantitative estimate of drug-likeness (QED) is 0.711. The zero-order chi connectivity index (χ0) is 11.8. The number of aromatic nitrogens is 1. The van der Waals surface area contributed by atoms with Gasteiger partial charge in [0.25, 0.3) is 0 Å². The van der Waals surface area contributed by atoms with E-state index in [1.165, 1.54) is 4.88 Å². The summed E-state index contributed by atoms with van der Waals surface area (Å²) in [5, 5.41) is 8.43. The molecule has 0 radical (unpaired) electrons. The molecule has 1 heterocycles. The van der Waals surface area contributed by atoms with Gasteiger partial charge in [-0.05, 0) is 19.8 Å². The van der Waals surface area contributed by atoms with Crippen LogP contribution in [0, 0.1) is 6.92 Å². The molecular formula is C11H17NO3S. The Hall–Kier alpha value is -0.940. The third-order valence-electron chi connectivity index (χ3n) is 2.25. The number of rotatable bonds is 8. The van der Waals surface area contributed by atoms with Crippen LogP contribution in [-0.4, -0.2) is 29.3 Å². The van der Waals surface area contributed by atoms with Gasteiger partial charge in [-0.1, -0.05) is 0 Å². The van der Waals surface area contributed by atoms with Crippen LogP contribution < -0.4 is 0 Å². The third-order valence-corrected chi connectivity index (χ3v) is 3.24. The number of aliphatic carboxylic acids is 1. The Kier molecular flexibility index (Phi) is 6.03. The molecule has 16 heavy (non-hydrogen) atoms. The fraction of sp³-hybridized carbons (Fsp3) is 0.636. The molecule has 0 amide bonds. The van der Waals surface area contributed by atoms with Crippen molar-refractivity contribution in [1.29, 1.82) is 0 Å². The van der Waals surface area contributed by atoms with E-state index < -0.39 is 5.97 Å². The zero-order valence-corrected chi connectivity index (χ0v) is 10.3. The van der Waals surface area contributed by atoms with E-state index in [0.717, 1.165) is 18.5 Å². The van der Waals surface area contributed by atoms with E-state index in [9.17, 15) is 4.79 Å². The highest BCUT2D eigenvalue weighted by Crippen LogP contribution is 2.12. The van der Waals surface area contributed by atoms with Crippen LogP contribution in [0.3, 0.4) is 0 Å². The molecule has 0 saturated carbocycles. The van der Waals surface area contributed by atoms with Crippen molar-refractivity contribution in [2.45, 2.75) is 32.6 Å². The number of hydrogen-bond acceptors (Lipinski definition) is 4. The van der Waals surface area contributed by atoms with Gasteiger partial charge in [0, 0.05) is 24.3 Å². The number of nitrogens with zero attached hydrogens (tertiary/aromatic N) is 1. The summed E-state index contributed by atoms with van der Waals surface area (Å²) in [6, 6.07) is 0. The van der Waals surface area contributed by atoms with Crippen LogP contribution in [0.1, 0.15) is 29.8 Å². The largest absolute Gasteiger partial charge is 0.481 e.